The molecular formula is C30H48O3. The Morgan fingerprint density at radius 3 is 2.24 bits per heavy atom. The number of fused-ring (bicyclic) bond motifs is 2. The first kappa shape index (κ1) is 24.0. The largest absolute Gasteiger partial charge is 0.389 e. The van der Waals surface area contributed by atoms with Crippen LogP contribution in [0.4, 0.5) is 0 Å². The topological polar surface area (TPSA) is 57.5 Å². The summed E-state index contributed by atoms with van der Waals surface area (Å²) in [4.78, 5) is 12.8. The van der Waals surface area contributed by atoms with E-state index in [1.165, 1.54) is 44.9 Å². The van der Waals surface area contributed by atoms with E-state index >= 15 is 0 Å². The number of ketones is 1. The van der Waals surface area contributed by atoms with Crippen LogP contribution in [0.2, 0.25) is 0 Å². The fourth-order valence-corrected chi connectivity index (χ4v) is 10.8. The molecule has 33 heavy (non-hydrogen) atoms. The number of hydrogen-bond acceptors (Lipinski definition) is 3. The fourth-order valence-electron chi connectivity index (χ4n) is 10.8. The average molecular weight is 457 g/mol. The predicted molar refractivity (Wildman–Crippen MR) is 132 cm³/mol. The van der Waals surface area contributed by atoms with E-state index in [4.69, 9.17) is 0 Å². The van der Waals surface area contributed by atoms with Crippen molar-refractivity contribution in [3.8, 4) is 0 Å². The number of carbonyl (C=O) groups excluding carboxylic acids is 1. The van der Waals surface area contributed by atoms with Gasteiger partial charge in [0.2, 0.25) is 0 Å². The summed E-state index contributed by atoms with van der Waals surface area (Å²) in [5.41, 5.74) is 0.445. The molecule has 3 nitrogen and oxygen atoms in total. The molecule has 3 heteroatoms. The average Bonchev–Trinajstić information content (AvgIpc) is 3.31. The molecule has 5 fully saturated rings. The van der Waals surface area contributed by atoms with Gasteiger partial charge in [0.25, 0.3) is 0 Å². The Morgan fingerprint density at radius 1 is 0.939 bits per heavy atom. The van der Waals surface area contributed by atoms with E-state index in [1.807, 2.05) is 6.08 Å². The molecular weight excluding hydrogens is 408 g/mol. The molecule has 5 saturated carbocycles. The van der Waals surface area contributed by atoms with Gasteiger partial charge >= 0.3 is 0 Å². The number of hydrogen-bond donors (Lipinski definition) is 2. The smallest absolute Gasteiger partial charge is 0.138 e. The highest BCUT2D eigenvalue weighted by molar-refractivity contribution is 5.86. The maximum atomic E-state index is 12.8. The van der Waals surface area contributed by atoms with Crippen LogP contribution in [-0.2, 0) is 4.79 Å². The van der Waals surface area contributed by atoms with E-state index in [2.05, 4.69) is 34.6 Å². The second kappa shape index (κ2) is 6.96. The highest BCUT2D eigenvalue weighted by Crippen LogP contribution is 2.88. The van der Waals surface area contributed by atoms with Gasteiger partial charge in [0.15, 0.2) is 0 Å². The molecule has 2 N–H and O–H groups in total. The summed E-state index contributed by atoms with van der Waals surface area (Å²) in [6.45, 7) is 15.4. The van der Waals surface area contributed by atoms with Gasteiger partial charge in [0.1, 0.15) is 5.78 Å². The molecule has 9 atom stereocenters. The van der Waals surface area contributed by atoms with Gasteiger partial charge in [-0.25, -0.2) is 0 Å². The molecule has 0 bridgehead atoms. The van der Waals surface area contributed by atoms with Crippen LogP contribution in [-0.4, -0.2) is 27.7 Å². The molecule has 5 aliphatic rings. The first-order valence-electron chi connectivity index (χ1n) is 13.8. The lowest BCUT2D eigenvalue weighted by Gasteiger charge is -2.62. The van der Waals surface area contributed by atoms with Gasteiger partial charge in [-0.15, -0.1) is 0 Å². The van der Waals surface area contributed by atoms with E-state index in [9.17, 15) is 15.0 Å². The van der Waals surface area contributed by atoms with Crippen molar-refractivity contribution in [2.75, 3.05) is 0 Å². The van der Waals surface area contributed by atoms with Gasteiger partial charge in [-0.3, -0.25) is 4.79 Å². The van der Waals surface area contributed by atoms with Crippen LogP contribution in [0.15, 0.2) is 12.2 Å². The molecule has 5 aliphatic carbocycles. The molecule has 0 amide bonds. The Hall–Kier alpha value is -0.670. The number of Topliss-reactive ketones (excluding diaryl/α,β-unsaturated/α-hetero) is 1. The van der Waals surface area contributed by atoms with Crippen LogP contribution in [0, 0.1) is 50.7 Å². The third-order valence-electron chi connectivity index (χ3n) is 12.8. The molecule has 0 aromatic carbocycles. The SMILES string of the molecule is C[C@H]([C@H](O)/C=C/C(C)(C)O)[C@H]1CC[C@@]2(C)[C@@H]3CC[C@@H]4C(C)(C)C(=O)CC[C@@]45C[C@@]35CC[C@]12C. The van der Waals surface area contributed by atoms with Crippen molar-refractivity contribution in [1.29, 1.82) is 0 Å². The van der Waals surface area contributed by atoms with E-state index in [1.54, 1.807) is 19.9 Å². The van der Waals surface area contributed by atoms with Crippen molar-refractivity contribution in [2.24, 2.45) is 50.7 Å². The lowest BCUT2D eigenvalue weighted by Crippen LogP contribution is -2.57. The summed E-state index contributed by atoms with van der Waals surface area (Å²) in [6.07, 6.45) is 14.0. The molecule has 2 spiro atoms. The molecule has 0 unspecified atom stereocenters. The van der Waals surface area contributed by atoms with Gasteiger partial charge in [-0.1, -0.05) is 46.8 Å². The third-order valence-corrected chi connectivity index (χ3v) is 12.8. The third kappa shape index (κ3) is 2.97. The Kier molecular flexibility index (Phi) is 5.07. The fraction of sp³-hybridized carbons (Fsp3) is 0.900. The summed E-state index contributed by atoms with van der Waals surface area (Å²) in [6, 6.07) is 0. The highest BCUT2D eigenvalue weighted by atomic mass is 16.3. The zero-order chi connectivity index (χ0) is 24.2. The van der Waals surface area contributed by atoms with Gasteiger partial charge in [-0.2, -0.15) is 0 Å². The Balaban J connectivity index is 1.42. The predicted octanol–water partition coefficient (Wildman–Crippen LogP) is 6.32. The van der Waals surface area contributed by atoms with Crippen LogP contribution in [0.5, 0.6) is 0 Å². The molecule has 0 aromatic rings. The zero-order valence-electron chi connectivity index (χ0n) is 22.2. The minimum Gasteiger partial charge on any atom is -0.389 e. The summed E-state index contributed by atoms with van der Waals surface area (Å²) < 4.78 is 0. The molecule has 0 radical (unpaired) electrons. The lowest BCUT2D eigenvalue weighted by molar-refractivity contribution is -0.158. The molecule has 5 rings (SSSR count). The highest BCUT2D eigenvalue weighted by Gasteiger charge is 2.82. The number of rotatable bonds is 4. The van der Waals surface area contributed by atoms with Crippen molar-refractivity contribution < 1.29 is 15.0 Å². The lowest BCUT2D eigenvalue weighted by atomic mass is 9.42. The van der Waals surface area contributed by atoms with E-state index in [-0.39, 0.29) is 16.7 Å². The first-order chi connectivity index (χ1) is 15.1. The second-order valence-electron chi connectivity index (χ2n) is 14.7. The summed E-state index contributed by atoms with van der Waals surface area (Å²) in [5, 5.41) is 21.1. The first-order valence-corrected chi connectivity index (χ1v) is 13.8. The van der Waals surface area contributed by atoms with Crippen molar-refractivity contribution in [1.82, 2.24) is 0 Å². The summed E-state index contributed by atoms with van der Waals surface area (Å²) in [7, 11) is 0. The molecule has 186 valence electrons. The minimum atomic E-state index is -0.889. The number of aliphatic hydroxyl groups is 2. The Labute approximate surface area is 201 Å². The van der Waals surface area contributed by atoms with Crippen molar-refractivity contribution >= 4 is 5.78 Å². The molecule has 0 aliphatic heterocycles. The minimum absolute atomic E-state index is 0.141. The summed E-state index contributed by atoms with van der Waals surface area (Å²) in [5.74, 6) is 2.57. The van der Waals surface area contributed by atoms with E-state index in [0.717, 1.165) is 18.8 Å². The van der Waals surface area contributed by atoms with E-state index in [0.29, 0.717) is 33.9 Å². The number of aliphatic hydroxyl groups excluding tert-OH is 1. The van der Waals surface area contributed by atoms with Gasteiger partial charge in [-0.05, 0) is 111 Å². The van der Waals surface area contributed by atoms with Gasteiger partial charge < -0.3 is 10.2 Å². The van der Waals surface area contributed by atoms with Gasteiger partial charge in [0, 0.05) is 11.8 Å². The van der Waals surface area contributed by atoms with Crippen molar-refractivity contribution in [3.63, 3.8) is 0 Å². The van der Waals surface area contributed by atoms with Gasteiger partial charge in [0.05, 0.1) is 11.7 Å². The standard InChI is InChI=1S/C30H48O3/c1-19(21(31)11-13-25(2,3)33)20-10-14-28(7)23-9-8-22-26(4,5)24(32)12-15-29(22)18-30(23,29)17-16-27(20,28)6/h11,13,19-23,31,33H,8-10,12,14-18H2,1-7H3/b13-11+/t19-,20+,21+,22+,23-,27+,28-,29+,30-/m0/s1. The van der Waals surface area contributed by atoms with Crippen LogP contribution in [0.3, 0.4) is 0 Å². The molecule has 0 heterocycles. The van der Waals surface area contributed by atoms with Crippen LogP contribution in [0.25, 0.3) is 0 Å². The van der Waals surface area contributed by atoms with Crippen molar-refractivity contribution in [2.45, 2.75) is 118 Å². The quantitative estimate of drug-likeness (QED) is 0.487. The van der Waals surface area contributed by atoms with Crippen LogP contribution < -0.4 is 0 Å². The molecule has 0 saturated heterocycles. The van der Waals surface area contributed by atoms with Crippen LogP contribution in [0.1, 0.15) is 106 Å². The number of carbonyl (C=O) groups is 1. The second-order valence-corrected chi connectivity index (χ2v) is 14.7. The maximum Gasteiger partial charge on any atom is 0.138 e. The maximum absolute atomic E-state index is 12.8. The molecule has 0 aromatic heterocycles. The van der Waals surface area contributed by atoms with Crippen molar-refractivity contribution in [3.05, 3.63) is 12.2 Å². The monoisotopic (exact) mass is 456 g/mol. The normalized spacial score (nSPS) is 50.2. The Morgan fingerprint density at radius 2 is 1.58 bits per heavy atom. The van der Waals surface area contributed by atoms with E-state index < -0.39 is 11.7 Å². The van der Waals surface area contributed by atoms with Crippen LogP contribution >= 0.6 is 0 Å². The zero-order valence-corrected chi connectivity index (χ0v) is 22.2. The summed E-state index contributed by atoms with van der Waals surface area (Å²) >= 11 is 0. The Bertz CT molecular complexity index is 866.